The van der Waals surface area contributed by atoms with Crippen molar-refractivity contribution < 1.29 is 4.79 Å². The van der Waals surface area contributed by atoms with Crippen LogP contribution in [0.5, 0.6) is 0 Å². The first-order chi connectivity index (χ1) is 10.2. The van der Waals surface area contributed by atoms with E-state index in [1.54, 1.807) is 0 Å². The Morgan fingerprint density at radius 1 is 1.19 bits per heavy atom. The minimum atomic E-state index is 0.156. The summed E-state index contributed by atoms with van der Waals surface area (Å²) in [6.45, 7) is 2.08. The fourth-order valence-corrected chi connectivity index (χ4v) is 2.61. The lowest BCUT2D eigenvalue weighted by molar-refractivity contribution is -0.129. The third-order valence-corrected chi connectivity index (χ3v) is 4.12. The SMILES string of the molecule is CN(Cc1cccc2ccccc12)C(=O)CNCC1CC1. The molecule has 0 aliphatic heterocycles. The third-order valence-electron chi connectivity index (χ3n) is 4.12. The fourth-order valence-electron chi connectivity index (χ4n) is 2.61. The lowest BCUT2D eigenvalue weighted by Crippen LogP contribution is -2.35. The Morgan fingerprint density at radius 3 is 2.76 bits per heavy atom. The molecule has 1 aliphatic rings. The minimum absolute atomic E-state index is 0.156. The van der Waals surface area contributed by atoms with Gasteiger partial charge < -0.3 is 10.2 Å². The van der Waals surface area contributed by atoms with Crippen LogP contribution in [0, 0.1) is 5.92 Å². The molecule has 2 aromatic carbocycles. The molecule has 0 atom stereocenters. The molecule has 0 bridgehead atoms. The third kappa shape index (κ3) is 3.61. The number of likely N-dealkylation sites (N-methyl/N-ethyl adjacent to an activating group) is 1. The van der Waals surface area contributed by atoms with Gasteiger partial charge in [0.05, 0.1) is 6.54 Å². The van der Waals surface area contributed by atoms with Crippen LogP contribution in [-0.2, 0) is 11.3 Å². The van der Waals surface area contributed by atoms with Crippen LogP contribution in [-0.4, -0.2) is 30.9 Å². The van der Waals surface area contributed by atoms with E-state index in [4.69, 9.17) is 0 Å². The molecule has 0 spiro atoms. The number of hydrogen-bond donors (Lipinski definition) is 1. The highest BCUT2D eigenvalue weighted by Crippen LogP contribution is 2.27. The molecule has 21 heavy (non-hydrogen) atoms. The van der Waals surface area contributed by atoms with E-state index in [9.17, 15) is 4.79 Å². The normalized spacial score (nSPS) is 14.3. The number of rotatable bonds is 6. The number of amides is 1. The topological polar surface area (TPSA) is 32.3 Å². The van der Waals surface area contributed by atoms with E-state index in [-0.39, 0.29) is 5.91 Å². The first-order valence-electron chi connectivity index (χ1n) is 7.65. The summed E-state index contributed by atoms with van der Waals surface area (Å²) in [6, 6.07) is 14.6. The van der Waals surface area contributed by atoms with Crippen molar-refractivity contribution in [2.24, 2.45) is 5.92 Å². The van der Waals surface area contributed by atoms with Gasteiger partial charge in [0.15, 0.2) is 0 Å². The summed E-state index contributed by atoms with van der Waals surface area (Å²) in [5.41, 5.74) is 1.20. The Morgan fingerprint density at radius 2 is 1.95 bits per heavy atom. The molecule has 0 aromatic heterocycles. The molecule has 1 saturated carbocycles. The average Bonchev–Trinajstić information content (AvgIpc) is 3.32. The van der Waals surface area contributed by atoms with Crippen LogP contribution in [0.2, 0.25) is 0 Å². The van der Waals surface area contributed by atoms with Gasteiger partial charge >= 0.3 is 0 Å². The van der Waals surface area contributed by atoms with Crippen molar-refractivity contribution >= 4 is 16.7 Å². The highest BCUT2D eigenvalue weighted by Gasteiger charge is 2.21. The maximum absolute atomic E-state index is 12.1. The molecular weight excluding hydrogens is 260 g/mol. The van der Waals surface area contributed by atoms with E-state index in [1.807, 2.05) is 24.1 Å². The Balaban J connectivity index is 1.62. The van der Waals surface area contributed by atoms with Crippen LogP contribution in [0.3, 0.4) is 0 Å². The maximum atomic E-state index is 12.1. The molecule has 1 amide bonds. The molecule has 0 radical (unpaired) electrons. The van der Waals surface area contributed by atoms with E-state index in [0.717, 1.165) is 12.5 Å². The number of hydrogen-bond acceptors (Lipinski definition) is 2. The van der Waals surface area contributed by atoms with Gasteiger partial charge in [-0.2, -0.15) is 0 Å². The van der Waals surface area contributed by atoms with Crippen molar-refractivity contribution in [1.82, 2.24) is 10.2 Å². The summed E-state index contributed by atoms with van der Waals surface area (Å²) in [5, 5.41) is 5.71. The molecule has 1 fully saturated rings. The summed E-state index contributed by atoms with van der Waals surface area (Å²) in [6.07, 6.45) is 2.63. The van der Waals surface area contributed by atoms with Gasteiger partial charge in [-0.15, -0.1) is 0 Å². The number of fused-ring (bicyclic) bond motifs is 1. The van der Waals surface area contributed by atoms with Gasteiger partial charge in [0.1, 0.15) is 0 Å². The Labute approximate surface area is 125 Å². The second kappa shape index (κ2) is 6.27. The van der Waals surface area contributed by atoms with Gasteiger partial charge in [0.25, 0.3) is 0 Å². The molecule has 1 N–H and O–H groups in total. The van der Waals surface area contributed by atoms with E-state index in [2.05, 4.69) is 35.6 Å². The smallest absolute Gasteiger partial charge is 0.236 e. The van der Waals surface area contributed by atoms with Crippen molar-refractivity contribution in [1.29, 1.82) is 0 Å². The summed E-state index contributed by atoms with van der Waals surface area (Å²) >= 11 is 0. The van der Waals surface area contributed by atoms with Crippen LogP contribution in [0.15, 0.2) is 42.5 Å². The van der Waals surface area contributed by atoms with Crippen LogP contribution < -0.4 is 5.32 Å². The summed E-state index contributed by atoms with van der Waals surface area (Å²) in [5.74, 6) is 0.963. The van der Waals surface area contributed by atoms with Crippen LogP contribution in [0.1, 0.15) is 18.4 Å². The molecule has 0 unspecified atom stereocenters. The van der Waals surface area contributed by atoms with Crippen molar-refractivity contribution in [3.8, 4) is 0 Å². The summed E-state index contributed by atoms with van der Waals surface area (Å²) in [4.78, 5) is 14.0. The number of nitrogens with zero attached hydrogens (tertiary/aromatic N) is 1. The number of carbonyl (C=O) groups is 1. The van der Waals surface area contributed by atoms with Crippen LogP contribution >= 0.6 is 0 Å². The molecule has 110 valence electrons. The highest BCUT2D eigenvalue weighted by atomic mass is 16.2. The lowest BCUT2D eigenvalue weighted by atomic mass is 10.0. The molecule has 3 rings (SSSR count). The summed E-state index contributed by atoms with van der Waals surface area (Å²) < 4.78 is 0. The number of carbonyl (C=O) groups excluding carboxylic acids is 1. The second-order valence-electron chi connectivity index (χ2n) is 5.96. The fraction of sp³-hybridized carbons (Fsp3) is 0.389. The van der Waals surface area contributed by atoms with Gasteiger partial charge in [-0.25, -0.2) is 0 Å². The first kappa shape index (κ1) is 14.1. The maximum Gasteiger partial charge on any atom is 0.236 e. The molecule has 0 saturated heterocycles. The first-order valence-corrected chi connectivity index (χ1v) is 7.65. The zero-order valence-electron chi connectivity index (χ0n) is 12.5. The molecule has 2 aromatic rings. The number of benzene rings is 2. The van der Waals surface area contributed by atoms with Crippen molar-refractivity contribution in [2.75, 3.05) is 20.1 Å². The van der Waals surface area contributed by atoms with E-state index >= 15 is 0 Å². The van der Waals surface area contributed by atoms with Crippen molar-refractivity contribution in [3.05, 3.63) is 48.0 Å². The van der Waals surface area contributed by atoms with Gasteiger partial charge in [0, 0.05) is 13.6 Å². The zero-order chi connectivity index (χ0) is 14.7. The van der Waals surface area contributed by atoms with Gasteiger partial charge in [-0.1, -0.05) is 42.5 Å². The summed E-state index contributed by atoms with van der Waals surface area (Å²) in [7, 11) is 1.88. The quantitative estimate of drug-likeness (QED) is 0.883. The zero-order valence-corrected chi connectivity index (χ0v) is 12.5. The molecule has 3 nitrogen and oxygen atoms in total. The van der Waals surface area contributed by atoms with Crippen molar-refractivity contribution in [3.63, 3.8) is 0 Å². The lowest BCUT2D eigenvalue weighted by Gasteiger charge is -2.19. The highest BCUT2D eigenvalue weighted by molar-refractivity contribution is 5.86. The molecule has 0 heterocycles. The average molecular weight is 282 g/mol. The Bertz CT molecular complexity index is 629. The Kier molecular flexibility index (Phi) is 4.20. The minimum Gasteiger partial charge on any atom is -0.340 e. The molecule has 1 aliphatic carbocycles. The largest absolute Gasteiger partial charge is 0.340 e. The van der Waals surface area contributed by atoms with E-state index in [0.29, 0.717) is 13.1 Å². The predicted molar refractivity (Wildman–Crippen MR) is 86.0 cm³/mol. The van der Waals surface area contributed by atoms with Crippen molar-refractivity contribution in [2.45, 2.75) is 19.4 Å². The van der Waals surface area contributed by atoms with Gasteiger partial charge in [0.2, 0.25) is 5.91 Å². The number of nitrogens with one attached hydrogen (secondary N) is 1. The van der Waals surface area contributed by atoms with Crippen LogP contribution in [0.4, 0.5) is 0 Å². The second-order valence-corrected chi connectivity index (χ2v) is 5.96. The Hall–Kier alpha value is -1.87. The monoisotopic (exact) mass is 282 g/mol. The van der Waals surface area contributed by atoms with Crippen LogP contribution in [0.25, 0.3) is 10.8 Å². The predicted octanol–water partition coefficient (Wildman–Crippen LogP) is 2.80. The standard InChI is InChI=1S/C18H22N2O/c1-20(18(21)12-19-11-14-9-10-14)13-16-7-4-6-15-5-2-3-8-17(15)16/h2-8,14,19H,9-13H2,1H3. The van der Waals surface area contributed by atoms with E-state index in [1.165, 1.54) is 29.2 Å². The molecule has 3 heteroatoms. The van der Waals surface area contributed by atoms with Gasteiger partial charge in [-0.3, -0.25) is 4.79 Å². The van der Waals surface area contributed by atoms with Gasteiger partial charge in [-0.05, 0) is 41.6 Å². The molecular formula is C18H22N2O. The van der Waals surface area contributed by atoms with E-state index < -0.39 is 0 Å².